The van der Waals surface area contributed by atoms with E-state index in [0.29, 0.717) is 30.1 Å². The summed E-state index contributed by atoms with van der Waals surface area (Å²) in [6, 6.07) is 4.60. The maximum Gasteiger partial charge on any atom is 0.254 e. The van der Waals surface area contributed by atoms with Crippen molar-refractivity contribution in [2.24, 2.45) is 11.3 Å². The number of amides is 2. The van der Waals surface area contributed by atoms with E-state index in [2.05, 4.69) is 15.2 Å². The van der Waals surface area contributed by atoms with Gasteiger partial charge in [-0.2, -0.15) is 0 Å². The molecular weight excluding hydrogens is 404 g/mol. The van der Waals surface area contributed by atoms with Crippen molar-refractivity contribution in [2.45, 2.75) is 64.5 Å². The molecule has 2 amide bonds. The fraction of sp³-hybridized carbons (Fsp3) is 0.720. The van der Waals surface area contributed by atoms with Gasteiger partial charge in [0.1, 0.15) is 0 Å². The van der Waals surface area contributed by atoms with Crippen molar-refractivity contribution >= 4 is 11.8 Å². The summed E-state index contributed by atoms with van der Waals surface area (Å²) in [7, 11) is 0. The molecule has 32 heavy (non-hydrogen) atoms. The van der Waals surface area contributed by atoms with Gasteiger partial charge in [0.2, 0.25) is 5.91 Å². The third-order valence-electron chi connectivity index (χ3n) is 8.02. The number of ether oxygens (including phenoxy) is 1. The van der Waals surface area contributed by atoms with Gasteiger partial charge >= 0.3 is 0 Å². The highest BCUT2D eigenvalue weighted by Crippen LogP contribution is 2.48. The molecule has 4 aliphatic rings. The predicted octanol–water partition coefficient (Wildman–Crippen LogP) is 2.31. The number of hydrogen-bond donors (Lipinski definition) is 1. The van der Waals surface area contributed by atoms with Crippen LogP contribution < -0.4 is 5.32 Å². The Morgan fingerprint density at radius 1 is 1.06 bits per heavy atom. The molecule has 3 atom stereocenters. The quantitative estimate of drug-likeness (QED) is 0.778. The van der Waals surface area contributed by atoms with Gasteiger partial charge in [0.15, 0.2) is 0 Å². The number of likely N-dealkylation sites (tertiary alicyclic amines) is 1. The third-order valence-corrected chi connectivity index (χ3v) is 8.02. The Bertz CT molecular complexity index is 860. The number of morpholine rings is 1. The highest BCUT2D eigenvalue weighted by atomic mass is 16.5. The minimum absolute atomic E-state index is 0.0333. The van der Waals surface area contributed by atoms with Gasteiger partial charge in [-0.3, -0.25) is 19.5 Å². The monoisotopic (exact) mass is 440 g/mol. The number of aryl methyl sites for hydroxylation is 2. The molecule has 1 N–H and O–H groups in total. The molecule has 0 aromatic carbocycles. The average molecular weight is 441 g/mol. The van der Waals surface area contributed by atoms with Crippen LogP contribution in [-0.4, -0.2) is 78.1 Å². The molecule has 7 heteroatoms. The van der Waals surface area contributed by atoms with E-state index in [9.17, 15) is 9.59 Å². The number of hydrogen-bond acceptors (Lipinski definition) is 5. The molecule has 3 heterocycles. The van der Waals surface area contributed by atoms with Crippen LogP contribution in [0.2, 0.25) is 0 Å². The zero-order valence-electron chi connectivity index (χ0n) is 19.4. The first-order valence-corrected chi connectivity index (χ1v) is 12.3. The van der Waals surface area contributed by atoms with Crippen molar-refractivity contribution in [3.05, 3.63) is 29.1 Å². The van der Waals surface area contributed by atoms with Crippen molar-refractivity contribution in [3.63, 3.8) is 0 Å². The fourth-order valence-corrected chi connectivity index (χ4v) is 6.15. The maximum atomic E-state index is 13.6. The number of carbonyl (C=O) groups is 2. The van der Waals surface area contributed by atoms with Gasteiger partial charge in [0.25, 0.3) is 5.91 Å². The van der Waals surface area contributed by atoms with E-state index in [1.807, 2.05) is 30.9 Å². The van der Waals surface area contributed by atoms with E-state index >= 15 is 0 Å². The standard InChI is InChI=1S/C25H36N4O3/c1-17-13-19(14-18(2)26-17)23(30)29-8-6-20-15-22(28-9-11-32-12-10-28)5-7-25(20,16-29)24(31)27-21-3-4-21/h13-14,20-22H,3-12,15-16H2,1-2H3,(H,27,31)/t20-,22+,25-/m1/s1. The smallest absolute Gasteiger partial charge is 0.254 e. The van der Waals surface area contributed by atoms with Gasteiger partial charge in [-0.05, 0) is 70.4 Å². The SMILES string of the molecule is Cc1cc(C(=O)N2CC[C@@H]3C[C@@H](N4CCOCC4)CC[C@@]3(C(=O)NC3CC3)C2)cc(C)n1. The molecule has 5 rings (SSSR count). The second-order valence-corrected chi connectivity index (χ2v) is 10.3. The summed E-state index contributed by atoms with van der Waals surface area (Å²) in [6.07, 6.45) is 5.99. The zero-order chi connectivity index (χ0) is 22.3. The summed E-state index contributed by atoms with van der Waals surface area (Å²) < 4.78 is 5.55. The molecule has 2 aliphatic carbocycles. The van der Waals surface area contributed by atoms with Crippen molar-refractivity contribution in [3.8, 4) is 0 Å². The van der Waals surface area contributed by atoms with E-state index in [1.165, 1.54) is 0 Å². The number of piperidine rings is 1. The molecule has 0 bridgehead atoms. The first-order valence-electron chi connectivity index (χ1n) is 12.3. The second kappa shape index (κ2) is 8.75. The van der Waals surface area contributed by atoms with E-state index in [0.717, 1.165) is 82.8 Å². The van der Waals surface area contributed by atoms with Crippen LogP contribution >= 0.6 is 0 Å². The normalized spacial score (nSPS) is 31.1. The zero-order valence-corrected chi connectivity index (χ0v) is 19.4. The van der Waals surface area contributed by atoms with E-state index in [1.54, 1.807) is 0 Å². The maximum absolute atomic E-state index is 13.6. The lowest BCUT2D eigenvalue weighted by Gasteiger charge is -2.53. The Morgan fingerprint density at radius 2 is 1.78 bits per heavy atom. The van der Waals surface area contributed by atoms with Crippen LogP contribution in [0.5, 0.6) is 0 Å². The van der Waals surface area contributed by atoms with Crippen molar-refractivity contribution in [1.29, 1.82) is 0 Å². The molecule has 2 saturated heterocycles. The summed E-state index contributed by atoms with van der Waals surface area (Å²) in [5.41, 5.74) is 1.94. The van der Waals surface area contributed by atoms with Crippen LogP contribution in [0.25, 0.3) is 0 Å². The van der Waals surface area contributed by atoms with E-state index in [-0.39, 0.29) is 11.8 Å². The van der Waals surface area contributed by atoms with Gasteiger partial charge in [-0.25, -0.2) is 0 Å². The summed E-state index contributed by atoms with van der Waals surface area (Å²) in [5.74, 6) is 0.545. The van der Waals surface area contributed by atoms with Crippen LogP contribution in [0.4, 0.5) is 0 Å². The van der Waals surface area contributed by atoms with Crippen LogP contribution in [-0.2, 0) is 9.53 Å². The molecule has 1 aromatic rings. The van der Waals surface area contributed by atoms with Gasteiger partial charge in [-0.1, -0.05) is 0 Å². The van der Waals surface area contributed by atoms with E-state index < -0.39 is 5.41 Å². The van der Waals surface area contributed by atoms with Crippen LogP contribution in [0.1, 0.15) is 60.3 Å². The second-order valence-electron chi connectivity index (χ2n) is 10.3. The first kappa shape index (κ1) is 21.8. The largest absolute Gasteiger partial charge is 0.379 e. The Morgan fingerprint density at radius 3 is 2.47 bits per heavy atom. The highest BCUT2D eigenvalue weighted by Gasteiger charge is 2.54. The molecule has 7 nitrogen and oxygen atoms in total. The lowest BCUT2D eigenvalue weighted by molar-refractivity contribution is -0.143. The molecule has 2 aliphatic heterocycles. The van der Waals surface area contributed by atoms with Gasteiger partial charge < -0.3 is 15.0 Å². The molecular formula is C25H36N4O3. The molecule has 4 fully saturated rings. The lowest BCUT2D eigenvalue weighted by atomic mass is 9.60. The Labute approximate surface area is 190 Å². The lowest BCUT2D eigenvalue weighted by Crippen LogP contribution is -2.61. The molecule has 0 spiro atoms. The Hall–Kier alpha value is -1.99. The van der Waals surface area contributed by atoms with Crippen molar-refractivity contribution in [1.82, 2.24) is 20.1 Å². The number of rotatable bonds is 4. The van der Waals surface area contributed by atoms with Crippen LogP contribution in [0.15, 0.2) is 12.1 Å². The third kappa shape index (κ3) is 4.29. The number of aromatic nitrogens is 1. The fourth-order valence-electron chi connectivity index (χ4n) is 6.15. The number of nitrogens with zero attached hydrogens (tertiary/aromatic N) is 3. The molecule has 0 unspecified atom stereocenters. The molecule has 174 valence electrons. The summed E-state index contributed by atoms with van der Waals surface area (Å²) >= 11 is 0. The van der Waals surface area contributed by atoms with Crippen molar-refractivity contribution < 1.29 is 14.3 Å². The molecule has 2 saturated carbocycles. The summed E-state index contributed by atoms with van der Waals surface area (Å²) in [5, 5.41) is 3.30. The minimum Gasteiger partial charge on any atom is -0.379 e. The topological polar surface area (TPSA) is 74.8 Å². The van der Waals surface area contributed by atoms with Crippen molar-refractivity contribution in [2.75, 3.05) is 39.4 Å². The van der Waals surface area contributed by atoms with Crippen LogP contribution in [0, 0.1) is 25.2 Å². The number of fused-ring (bicyclic) bond motifs is 1. The highest BCUT2D eigenvalue weighted by molar-refractivity contribution is 5.95. The Kier molecular flexibility index (Phi) is 5.97. The Balaban J connectivity index is 1.36. The number of nitrogens with one attached hydrogen (secondary N) is 1. The van der Waals surface area contributed by atoms with Crippen LogP contribution in [0.3, 0.4) is 0 Å². The minimum atomic E-state index is -0.462. The van der Waals surface area contributed by atoms with E-state index in [4.69, 9.17) is 4.74 Å². The number of carbonyl (C=O) groups excluding carboxylic acids is 2. The van der Waals surface area contributed by atoms with Gasteiger partial charge in [-0.15, -0.1) is 0 Å². The predicted molar refractivity (Wildman–Crippen MR) is 121 cm³/mol. The summed E-state index contributed by atoms with van der Waals surface area (Å²) in [4.78, 5) is 36.0. The average Bonchev–Trinajstić information content (AvgIpc) is 3.61. The van der Waals surface area contributed by atoms with Gasteiger partial charge in [0.05, 0.1) is 18.6 Å². The van der Waals surface area contributed by atoms with Gasteiger partial charge in [0, 0.05) is 55.2 Å². The summed E-state index contributed by atoms with van der Waals surface area (Å²) in [6.45, 7) is 8.70. The number of pyridine rings is 1. The molecule has 1 aromatic heterocycles. The first-order chi connectivity index (χ1) is 15.4. The molecule has 0 radical (unpaired) electrons.